The van der Waals surface area contributed by atoms with Crippen LogP contribution in [0.2, 0.25) is 0 Å². The molecular formula is C15H12FNO3S. The van der Waals surface area contributed by atoms with E-state index in [1.807, 2.05) is 6.07 Å². The van der Waals surface area contributed by atoms with Crippen molar-refractivity contribution in [1.29, 1.82) is 5.26 Å². The Morgan fingerprint density at radius 3 is 2.67 bits per heavy atom. The van der Waals surface area contributed by atoms with Gasteiger partial charge in [0.25, 0.3) is 0 Å². The van der Waals surface area contributed by atoms with Gasteiger partial charge in [0.05, 0.1) is 29.4 Å². The molecule has 2 rings (SSSR count). The highest BCUT2D eigenvalue weighted by molar-refractivity contribution is 7.90. The van der Waals surface area contributed by atoms with Gasteiger partial charge in [-0.15, -0.1) is 0 Å². The maximum Gasteiger partial charge on any atom is 0.182 e. The molecule has 2 aromatic rings. The number of nitriles is 1. The van der Waals surface area contributed by atoms with Gasteiger partial charge >= 0.3 is 0 Å². The maximum atomic E-state index is 13.3. The third-order valence-corrected chi connectivity index (χ3v) is 4.60. The van der Waals surface area contributed by atoms with Crippen LogP contribution >= 0.6 is 0 Å². The number of nitrogens with zero attached hydrogens (tertiary/aromatic N) is 1. The van der Waals surface area contributed by atoms with Gasteiger partial charge in [0.2, 0.25) is 0 Å². The number of ether oxygens (including phenoxy) is 1. The second kappa shape index (κ2) is 5.94. The van der Waals surface area contributed by atoms with Crippen molar-refractivity contribution >= 4 is 9.84 Å². The van der Waals surface area contributed by atoms with Gasteiger partial charge < -0.3 is 4.74 Å². The molecule has 6 heteroatoms. The van der Waals surface area contributed by atoms with E-state index in [9.17, 15) is 12.8 Å². The number of methoxy groups -OCH3 is 1. The number of hydrogen-bond donors (Lipinski definition) is 0. The Balaban J connectivity index is 2.42. The van der Waals surface area contributed by atoms with Crippen molar-refractivity contribution in [2.24, 2.45) is 0 Å². The summed E-state index contributed by atoms with van der Waals surface area (Å²) in [4.78, 5) is 0.0648. The van der Waals surface area contributed by atoms with Gasteiger partial charge in [-0.1, -0.05) is 6.07 Å². The van der Waals surface area contributed by atoms with E-state index in [1.165, 1.54) is 25.3 Å². The fourth-order valence-electron chi connectivity index (χ4n) is 1.87. The Hall–Kier alpha value is -2.39. The van der Waals surface area contributed by atoms with Crippen molar-refractivity contribution in [2.75, 3.05) is 7.11 Å². The molecule has 4 nitrogen and oxygen atoms in total. The molecule has 0 bridgehead atoms. The van der Waals surface area contributed by atoms with Crippen molar-refractivity contribution in [3.63, 3.8) is 0 Å². The fourth-order valence-corrected chi connectivity index (χ4v) is 3.27. The first-order valence-corrected chi connectivity index (χ1v) is 7.67. The second-order valence-electron chi connectivity index (χ2n) is 4.35. The van der Waals surface area contributed by atoms with Crippen molar-refractivity contribution in [3.8, 4) is 11.8 Å². The van der Waals surface area contributed by atoms with Crippen LogP contribution in [-0.4, -0.2) is 15.5 Å². The van der Waals surface area contributed by atoms with E-state index in [-0.39, 0.29) is 16.0 Å². The van der Waals surface area contributed by atoms with E-state index < -0.39 is 21.4 Å². The highest BCUT2D eigenvalue weighted by Crippen LogP contribution is 2.22. The molecule has 21 heavy (non-hydrogen) atoms. The zero-order valence-corrected chi connectivity index (χ0v) is 12.0. The Morgan fingerprint density at radius 2 is 2.00 bits per heavy atom. The van der Waals surface area contributed by atoms with Crippen LogP contribution in [0.15, 0.2) is 47.4 Å². The summed E-state index contributed by atoms with van der Waals surface area (Å²) in [5, 5.41) is 8.97. The van der Waals surface area contributed by atoms with Crippen molar-refractivity contribution in [2.45, 2.75) is 10.6 Å². The highest BCUT2D eigenvalue weighted by Gasteiger charge is 2.18. The van der Waals surface area contributed by atoms with E-state index in [0.717, 1.165) is 12.1 Å². The minimum absolute atomic E-state index is 0.0648. The van der Waals surface area contributed by atoms with E-state index in [1.54, 1.807) is 12.1 Å². The fraction of sp³-hybridized carbons (Fsp3) is 0.133. The normalized spacial score (nSPS) is 10.9. The van der Waals surface area contributed by atoms with Crippen LogP contribution < -0.4 is 4.74 Å². The Bertz CT molecular complexity index is 810. The Labute approximate surface area is 122 Å². The van der Waals surface area contributed by atoms with Crippen LogP contribution in [0.4, 0.5) is 4.39 Å². The average molecular weight is 305 g/mol. The molecule has 0 unspecified atom stereocenters. The zero-order chi connectivity index (χ0) is 15.5. The third kappa shape index (κ3) is 3.38. The summed E-state index contributed by atoms with van der Waals surface area (Å²) in [5.74, 6) is -0.610. The van der Waals surface area contributed by atoms with E-state index in [2.05, 4.69) is 0 Å². The van der Waals surface area contributed by atoms with Crippen LogP contribution in [0.3, 0.4) is 0 Å². The van der Waals surface area contributed by atoms with Crippen LogP contribution in [0.25, 0.3) is 0 Å². The van der Waals surface area contributed by atoms with E-state index in [0.29, 0.717) is 5.75 Å². The smallest absolute Gasteiger partial charge is 0.182 e. The lowest BCUT2D eigenvalue weighted by Gasteiger charge is -2.08. The molecule has 0 aliphatic heterocycles. The quantitative estimate of drug-likeness (QED) is 0.871. The summed E-state index contributed by atoms with van der Waals surface area (Å²) in [7, 11) is -2.26. The minimum atomic E-state index is -3.69. The molecule has 0 aromatic heterocycles. The third-order valence-electron chi connectivity index (χ3n) is 2.93. The van der Waals surface area contributed by atoms with E-state index in [4.69, 9.17) is 10.00 Å². The molecule has 0 fully saturated rings. The SMILES string of the molecule is COc1cccc(S(=O)(=O)Cc2cc(F)ccc2C#N)c1. The molecular weight excluding hydrogens is 293 g/mol. The molecule has 2 aromatic carbocycles. The summed E-state index contributed by atoms with van der Waals surface area (Å²) >= 11 is 0. The Morgan fingerprint density at radius 1 is 1.24 bits per heavy atom. The Kier molecular flexibility index (Phi) is 4.24. The number of benzene rings is 2. The second-order valence-corrected chi connectivity index (χ2v) is 6.34. The number of sulfone groups is 1. The first kappa shape index (κ1) is 15.0. The van der Waals surface area contributed by atoms with Crippen molar-refractivity contribution in [1.82, 2.24) is 0 Å². The minimum Gasteiger partial charge on any atom is -0.497 e. The lowest BCUT2D eigenvalue weighted by molar-refractivity contribution is 0.413. The molecule has 0 saturated carbocycles. The summed E-state index contributed by atoms with van der Waals surface area (Å²) < 4.78 is 43.0. The molecule has 0 aliphatic rings. The molecule has 0 radical (unpaired) electrons. The average Bonchev–Trinajstić information content (AvgIpc) is 2.47. The van der Waals surface area contributed by atoms with Crippen LogP contribution in [0.5, 0.6) is 5.75 Å². The molecule has 0 spiro atoms. The first-order chi connectivity index (χ1) is 9.96. The summed E-state index contributed by atoms with van der Waals surface area (Å²) in [6.07, 6.45) is 0. The monoisotopic (exact) mass is 305 g/mol. The molecule has 0 heterocycles. The van der Waals surface area contributed by atoms with Gasteiger partial charge in [0, 0.05) is 0 Å². The molecule has 0 atom stereocenters. The number of rotatable bonds is 4. The predicted octanol–water partition coefficient (Wildman–Crippen LogP) is 2.68. The summed E-state index contributed by atoms with van der Waals surface area (Å²) in [5.41, 5.74) is 0.281. The topological polar surface area (TPSA) is 67.2 Å². The molecule has 108 valence electrons. The van der Waals surface area contributed by atoms with Crippen molar-refractivity contribution < 1.29 is 17.5 Å². The highest BCUT2D eigenvalue weighted by atomic mass is 32.2. The number of halogens is 1. The van der Waals surface area contributed by atoms with Crippen LogP contribution in [-0.2, 0) is 15.6 Å². The molecule has 0 N–H and O–H groups in total. The molecule has 0 amide bonds. The van der Waals surface area contributed by atoms with Crippen LogP contribution in [0, 0.1) is 17.1 Å². The molecule has 0 aliphatic carbocycles. The zero-order valence-electron chi connectivity index (χ0n) is 11.2. The van der Waals surface area contributed by atoms with Gasteiger partial charge in [-0.3, -0.25) is 0 Å². The lowest BCUT2D eigenvalue weighted by Crippen LogP contribution is -2.07. The van der Waals surface area contributed by atoms with Gasteiger partial charge in [0.1, 0.15) is 11.6 Å². The van der Waals surface area contributed by atoms with Gasteiger partial charge in [-0.2, -0.15) is 5.26 Å². The summed E-state index contributed by atoms with van der Waals surface area (Å²) in [6.45, 7) is 0. The van der Waals surface area contributed by atoms with Gasteiger partial charge in [-0.05, 0) is 42.0 Å². The predicted molar refractivity (Wildman–Crippen MR) is 75.0 cm³/mol. The van der Waals surface area contributed by atoms with Crippen molar-refractivity contribution in [3.05, 3.63) is 59.4 Å². The first-order valence-electron chi connectivity index (χ1n) is 6.01. The standard InChI is InChI=1S/C15H12FNO3S/c1-20-14-3-2-4-15(8-14)21(18,19)10-12-7-13(16)6-5-11(12)9-17/h2-8H,10H2,1H3. The van der Waals surface area contributed by atoms with Gasteiger partial charge in [-0.25, -0.2) is 12.8 Å². The number of hydrogen-bond acceptors (Lipinski definition) is 4. The van der Waals surface area contributed by atoms with Crippen LogP contribution in [0.1, 0.15) is 11.1 Å². The largest absolute Gasteiger partial charge is 0.497 e. The lowest BCUT2D eigenvalue weighted by atomic mass is 10.1. The van der Waals surface area contributed by atoms with E-state index >= 15 is 0 Å². The van der Waals surface area contributed by atoms with Gasteiger partial charge in [0.15, 0.2) is 9.84 Å². The molecule has 0 saturated heterocycles. The summed E-state index contributed by atoms with van der Waals surface area (Å²) in [6, 6.07) is 11.3. The maximum absolute atomic E-state index is 13.3.